The molecule has 5 unspecified atom stereocenters. The van der Waals surface area contributed by atoms with Crippen molar-refractivity contribution in [3.05, 3.63) is 0 Å². The second-order valence-corrected chi connectivity index (χ2v) is 7.14. The molecule has 1 saturated heterocycles. The van der Waals surface area contributed by atoms with Gasteiger partial charge < -0.3 is 9.47 Å². The van der Waals surface area contributed by atoms with Crippen molar-refractivity contribution in [2.45, 2.75) is 58.5 Å². The van der Waals surface area contributed by atoms with Gasteiger partial charge in [-0.05, 0) is 24.2 Å². The van der Waals surface area contributed by atoms with Crippen LogP contribution in [0, 0.1) is 16.7 Å². The largest absolute Gasteiger partial charge is 0.346 e. The highest BCUT2D eigenvalue weighted by molar-refractivity contribution is 9.09. The van der Waals surface area contributed by atoms with Gasteiger partial charge in [0.2, 0.25) is 0 Å². The molecule has 1 heterocycles. The van der Waals surface area contributed by atoms with Gasteiger partial charge in [-0.1, -0.05) is 36.7 Å². The van der Waals surface area contributed by atoms with Gasteiger partial charge in [-0.2, -0.15) is 0 Å². The van der Waals surface area contributed by atoms with Crippen LogP contribution in [0.3, 0.4) is 0 Å². The van der Waals surface area contributed by atoms with E-state index in [1.165, 1.54) is 12.8 Å². The molecule has 2 nitrogen and oxygen atoms in total. The molecule has 0 aromatic heterocycles. The van der Waals surface area contributed by atoms with Gasteiger partial charge in [-0.25, -0.2) is 0 Å². The van der Waals surface area contributed by atoms with Gasteiger partial charge in [-0.15, -0.1) is 0 Å². The smallest absolute Gasteiger partial charge is 0.159 e. The summed E-state index contributed by atoms with van der Waals surface area (Å²) >= 11 is 3.46. The van der Waals surface area contributed by atoms with Crippen LogP contribution in [0.2, 0.25) is 0 Å². The molecule has 0 aromatic carbocycles. The Morgan fingerprint density at radius 3 is 2.62 bits per heavy atom. The van der Waals surface area contributed by atoms with Crippen molar-refractivity contribution < 1.29 is 9.47 Å². The summed E-state index contributed by atoms with van der Waals surface area (Å²) in [7, 11) is 0. The number of hydrogen-bond donors (Lipinski definition) is 0. The number of halogens is 1. The molecule has 3 heteroatoms. The van der Waals surface area contributed by atoms with E-state index in [2.05, 4.69) is 36.7 Å². The predicted octanol–water partition coefficient (Wildman–Crippen LogP) is 3.34. The average molecular weight is 289 g/mol. The van der Waals surface area contributed by atoms with Crippen molar-refractivity contribution >= 4 is 15.9 Å². The summed E-state index contributed by atoms with van der Waals surface area (Å²) < 4.78 is 12.3. The SMILES string of the molecule is CC1(C)C2CCC1(C)C1OC(CCBr)OC21. The summed E-state index contributed by atoms with van der Waals surface area (Å²) in [5.41, 5.74) is 0.700. The van der Waals surface area contributed by atoms with E-state index in [-0.39, 0.29) is 6.29 Å². The molecule has 0 N–H and O–H groups in total. The Morgan fingerprint density at radius 1 is 1.25 bits per heavy atom. The number of hydrogen-bond acceptors (Lipinski definition) is 2. The fourth-order valence-corrected chi connectivity index (χ4v) is 4.58. The lowest BCUT2D eigenvalue weighted by Gasteiger charge is -2.37. The first-order chi connectivity index (χ1) is 7.50. The van der Waals surface area contributed by atoms with Gasteiger partial charge >= 0.3 is 0 Å². The summed E-state index contributed by atoms with van der Waals surface area (Å²) in [6.07, 6.45) is 4.31. The predicted molar refractivity (Wildman–Crippen MR) is 66.6 cm³/mol. The van der Waals surface area contributed by atoms with Crippen LogP contribution in [0.4, 0.5) is 0 Å². The fourth-order valence-electron chi connectivity index (χ4n) is 4.21. The molecule has 2 bridgehead atoms. The number of fused-ring (bicyclic) bond motifs is 5. The molecule has 2 saturated carbocycles. The zero-order valence-electron chi connectivity index (χ0n) is 10.3. The summed E-state index contributed by atoms with van der Waals surface area (Å²) in [6.45, 7) is 7.20. The van der Waals surface area contributed by atoms with Crippen LogP contribution in [-0.2, 0) is 9.47 Å². The van der Waals surface area contributed by atoms with E-state index in [0.29, 0.717) is 29.0 Å². The van der Waals surface area contributed by atoms with E-state index < -0.39 is 0 Å². The minimum Gasteiger partial charge on any atom is -0.346 e. The average Bonchev–Trinajstić information content (AvgIpc) is 2.75. The summed E-state index contributed by atoms with van der Waals surface area (Å²) in [5.74, 6) is 0.697. The van der Waals surface area contributed by atoms with Crippen molar-refractivity contribution in [2.24, 2.45) is 16.7 Å². The van der Waals surface area contributed by atoms with E-state index >= 15 is 0 Å². The van der Waals surface area contributed by atoms with Crippen molar-refractivity contribution in [1.82, 2.24) is 0 Å². The zero-order valence-corrected chi connectivity index (χ0v) is 11.9. The lowest BCUT2D eigenvalue weighted by Crippen LogP contribution is -2.38. The van der Waals surface area contributed by atoms with Crippen LogP contribution < -0.4 is 0 Å². The highest BCUT2D eigenvalue weighted by Crippen LogP contribution is 2.68. The molecular formula is C13H21BrO2. The maximum absolute atomic E-state index is 6.15. The van der Waals surface area contributed by atoms with Crippen molar-refractivity contribution in [3.8, 4) is 0 Å². The zero-order chi connectivity index (χ0) is 11.6. The van der Waals surface area contributed by atoms with E-state index in [1.807, 2.05) is 0 Å². The highest BCUT2D eigenvalue weighted by Gasteiger charge is 2.69. The van der Waals surface area contributed by atoms with Crippen molar-refractivity contribution in [2.75, 3.05) is 5.33 Å². The number of alkyl halides is 1. The third kappa shape index (κ3) is 1.20. The minimum absolute atomic E-state index is 0.0328. The Labute approximate surface area is 106 Å². The molecule has 3 aliphatic rings. The third-order valence-electron chi connectivity index (χ3n) is 5.65. The number of ether oxygens (including phenoxy) is 2. The summed E-state index contributed by atoms with van der Waals surface area (Å²) in [4.78, 5) is 0. The lowest BCUT2D eigenvalue weighted by molar-refractivity contribution is -0.112. The first kappa shape index (κ1) is 11.5. The Hall–Kier alpha value is 0.400. The molecular weight excluding hydrogens is 268 g/mol. The van der Waals surface area contributed by atoms with Crippen LogP contribution in [0.15, 0.2) is 0 Å². The lowest BCUT2D eigenvalue weighted by atomic mass is 9.70. The fraction of sp³-hybridized carbons (Fsp3) is 1.00. The monoisotopic (exact) mass is 288 g/mol. The second kappa shape index (κ2) is 3.46. The second-order valence-electron chi connectivity index (χ2n) is 6.35. The van der Waals surface area contributed by atoms with E-state index in [1.54, 1.807) is 0 Å². The molecule has 0 radical (unpaired) electrons. The Kier molecular flexibility index (Phi) is 2.48. The number of rotatable bonds is 2. The van der Waals surface area contributed by atoms with Crippen LogP contribution in [-0.4, -0.2) is 23.8 Å². The topological polar surface area (TPSA) is 18.5 Å². The first-order valence-corrected chi connectivity index (χ1v) is 7.50. The van der Waals surface area contributed by atoms with Gasteiger partial charge in [-0.3, -0.25) is 0 Å². The molecule has 3 fully saturated rings. The summed E-state index contributed by atoms with van der Waals surface area (Å²) in [6, 6.07) is 0. The Bertz CT molecular complexity index is 304. The Morgan fingerprint density at radius 2 is 2.00 bits per heavy atom. The van der Waals surface area contributed by atoms with Crippen molar-refractivity contribution in [1.29, 1.82) is 0 Å². The van der Waals surface area contributed by atoms with Crippen LogP contribution in [0.5, 0.6) is 0 Å². The van der Waals surface area contributed by atoms with Gasteiger partial charge in [0, 0.05) is 17.2 Å². The van der Waals surface area contributed by atoms with Crippen LogP contribution >= 0.6 is 15.9 Å². The van der Waals surface area contributed by atoms with Crippen molar-refractivity contribution in [3.63, 3.8) is 0 Å². The van der Waals surface area contributed by atoms with Gasteiger partial charge in [0.25, 0.3) is 0 Å². The molecule has 0 aromatic rings. The maximum Gasteiger partial charge on any atom is 0.159 e. The molecule has 92 valence electrons. The normalized spacial score (nSPS) is 53.2. The quantitative estimate of drug-likeness (QED) is 0.726. The minimum atomic E-state index is 0.0328. The van der Waals surface area contributed by atoms with Gasteiger partial charge in [0.1, 0.15) is 0 Å². The molecule has 0 spiro atoms. The first-order valence-electron chi connectivity index (χ1n) is 6.37. The van der Waals surface area contributed by atoms with E-state index in [9.17, 15) is 0 Å². The highest BCUT2D eigenvalue weighted by atomic mass is 79.9. The standard InChI is InChI=1S/C13H21BrO2/c1-12(2)8-4-6-13(12,3)11-10(8)15-9(16-11)5-7-14/h8-11H,4-7H2,1-3H3. The van der Waals surface area contributed by atoms with Crippen LogP contribution in [0.25, 0.3) is 0 Å². The molecule has 16 heavy (non-hydrogen) atoms. The molecule has 5 atom stereocenters. The molecule has 0 amide bonds. The van der Waals surface area contributed by atoms with E-state index in [0.717, 1.165) is 11.8 Å². The van der Waals surface area contributed by atoms with Gasteiger partial charge in [0.05, 0.1) is 12.2 Å². The Balaban J connectivity index is 1.85. The maximum atomic E-state index is 6.15. The molecule has 2 aliphatic carbocycles. The summed E-state index contributed by atoms with van der Waals surface area (Å²) in [5, 5.41) is 0.960. The van der Waals surface area contributed by atoms with Crippen LogP contribution in [0.1, 0.15) is 40.0 Å². The van der Waals surface area contributed by atoms with E-state index in [4.69, 9.17) is 9.47 Å². The molecule has 1 aliphatic heterocycles. The van der Waals surface area contributed by atoms with Gasteiger partial charge in [0.15, 0.2) is 6.29 Å². The molecule has 3 rings (SSSR count). The third-order valence-corrected chi connectivity index (χ3v) is 6.11.